The van der Waals surface area contributed by atoms with Crippen molar-refractivity contribution in [2.75, 3.05) is 13.7 Å². The molecule has 0 amide bonds. The number of benzene rings is 1. The van der Waals surface area contributed by atoms with Gasteiger partial charge in [0.1, 0.15) is 0 Å². The smallest absolute Gasteiger partial charge is 0.179 e. The Hall–Kier alpha value is -1.19. The van der Waals surface area contributed by atoms with Crippen LogP contribution in [0.15, 0.2) is 24.3 Å². The molecule has 3 nitrogen and oxygen atoms in total. The second kappa shape index (κ2) is 5.94. The van der Waals surface area contributed by atoms with Crippen molar-refractivity contribution in [1.82, 2.24) is 4.90 Å². The number of carbonyl (C=O) groups excluding carboxylic acids is 1. The zero-order valence-corrected chi connectivity index (χ0v) is 11.0. The summed E-state index contributed by atoms with van der Waals surface area (Å²) in [6.07, 6.45) is 0. The minimum absolute atomic E-state index is 0.0144. The van der Waals surface area contributed by atoms with E-state index in [9.17, 15) is 4.79 Å². The Labute approximate surface area is 103 Å². The van der Waals surface area contributed by atoms with E-state index in [4.69, 9.17) is 5.11 Å². The number of hydrogen-bond acceptors (Lipinski definition) is 3. The zero-order valence-electron chi connectivity index (χ0n) is 11.0. The number of ketones is 1. The average Bonchev–Trinajstić information content (AvgIpc) is 2.36. The molecular formula is C14H21NO2. The summed E-state index contributed by atoms with van der Waals surface area (Å²) in [7, 11) is 1.86. The number of Topliss-reactive ketones (excluding diaryl/α,β-unsaturated/α-hetero) is 1. The largest absolute Gasteiger partial charge is 0.395 e. The van der Waals surface area contributed by atoms with Crippen molar-refractivity contribution in [1.29, 1.82) is 0 Å². The van der Waals surface area contributed by atoms with Gasteiger partial charge in [-0.2, -0.15) is 0 Å². The maximum absolute atomic E-state index is 12.2. The number of aliphatic hydroxyl groups excluding tert-OH is 1. The lowest BCUT2D eigenvalue weighted by molar-refractivity contribution is 0.0763. The van der Waals surface area contributed by atoms with Crippen LogP contribution in [0.1, 0.15) is 29.8 Å². The van der Waals surface area contributed by atoms with Crippen molar-refractivity contribution in [3.63, 3.8) is 0 Å². The van der Waals surface area contributed by atoms with Crippen molar-refractivity contribution >= 4 is 5.78 Å². The highest BCUT2D eigenvalue weighted by atomic mass is 16.3. The van der Waals surface area contributed by atoms with E-state index in [0.717, 1.165) is 11.1 Å². The number of nitrogens with zero attached hydrogens (tertiary/aromatic N) is 1. The molecule has 0 heterocycles. The third-order valence-electron chi connectivity index (χ3n) is 3.29. The molecule has 1 rings (SSSR count). The number of likely N-dealkylation sites (N-methyl/N-ethyl adjacent to an activating group) is 1. The topological polar surface area (TPSA) is 40.5 Å². The second-order valence-corrected chi connectivity index (χ2v) is 4.60. The van der Waals surface area contributed by atoms with Gasteiger partial charge in [0.05, 0.1) is 12.6 Å². The standard InChI is InChI=1S/C14H21NO2/c1-10-5-7-13(8-6-10)14(17)12(3)15(4)11(2)9-16/h5-8,11-12,16H,9H2,1-4H3. The Morgan fingerprint density at radius 3 is 2.29 bits per heavy atom. The van der Waals surface area contributed by atoms with Crippen LogP contribution in [0, 0.1) is 6.92 Å². The SMILES string of the molecule is Cc1ccc(C(=O)C(C)N(C)C(C)CO)cc1. The molecule has 0 aliphatic carbocycles. The van der Waals surface area contributed by atoms with Crippen molar-refractivity contribution < 1.29 is 9.90 Å². The molecule has 0 aliphatic heterocycles. The van der Waals surface area contributed by atoms with Gasteiger partial charge in [-0.3, -0.25) is 9.69 Å². The van der Waals surface area contributed by atoms with Gasteiger partial charge in [0.25, 0.3) is 0 Å². The van der Waals surface area contributed by atoms with E-state index in [-0.39, 0.29) is 24.5 Å². The van der Waals surface area contributed by atoms with Crippen molar-refractivity contribution in [2.24, 2.45) is 0 Å². The van der Waals surface area contributed by atoms with Crippen LogP contribution >= 0.6 is 0 Å². The second-order valence-electron chi connectivity index (χ2n) is 4.60. The van der Waals surface area contributed by atoms with E-state index in [1.165, 1.54) is 0 Å². The van der Waals surface area contributed by atoms with Crippen molar-refractivity contribution in [3.05, 3.63) is 35.4 Å². The van der Waals surface area contributed by atoms with Crippen LogP contribution in [-0.4, -0.2) is 41.5 Å². The third-order valence-corrected chi connectivity index (χ3v) is 3.29. The average molecular weight is 235 g/mol. The van der Waals surface area contributed by atoms with Gasteiger partial charge >= 0.3 is 0 Å². The monoisotopic (exact) mass is 235 g/mol. The summed E-state index contributed by atoms with van der Waals surface area (Å²) >= 11 is 0. The summed E-state index contributed by atoms with van der Waals surface area (Å²) in [5.41, 5.74) is 1.87. The summed E-state index contributed by atoms with van der Waals surface area (Å²) in [6.45, 7) is 5.83. The van der Waals surface area contributed by atoms with Gasteiger partial charge in [-0.25, -0.2) is 0 Å². The Balaban J connectivity index is 2.79. The molecular weight excluding hydrogens is 214 g/mol. The van der Waals surface area contributed by atoms with E-state index < -0.39 is 0 Å². The normalized spacial score (nSPS) is 14.7. The van der Waals surface area contributed by atoms with E-state index >= 15 is 0 Å². The van der Waals surface area contributed by atoms with E-state index in [1.54, 1.807) is 0 Å². The molecule has 1 aromatic carbocycles. The van der Waals surface area contributed by atoms with Gasteiger partial charge in [0.2, 0.25) is 0 Å². The van der Waals surface area contributed by atoms with E-state index in [0.29, 0.717) is 0 Å². The molecule has 0 spiro atoms. The van der Waals surface area contributed by atoms with Crippen LogP contribution < -0.4 is 0 Å². The molecule has 0 fully saturated rings. The Morgan fingerprint density at radius 2 is 1.82 bits per heavy atom. The maximum Gasteiger partial charge on any atom is 0.179 e. The highest BCUT2D eigenvalue weighted by Gasteiger charge is 2.22. The number of carbonyl (C=O) groups is 1. The van der Waals surface area contributed by atoms with Crippen LogP contribution in [0.4, 0.5) is 0 Å². The Kier molecular flexibility index (Phi) is 4.85. The predicted molar refractivity (Wildman–Crippen MR) is 69.3 cm³/mol. The van der Waals surface area contributed by atoms with Gasteiger partial charge < -0.3 is 5.11 Å². The van der Waals surface area contributed by atoms with Crippen LogP contribution in [0.3, 0.4) is 0 Å². The lowest BCUT2D eigenvalue weighted by Crippen LogP contribution is -2.43. The molecule has 2 atom stereocenters. The molecule has 94 valence electrons. The Morgan fingerprint density at radius 1 is 1.29 bits per heavy atom. The third kappa shape index (κ3) is 3.38. The fourth-order valence-corrected chi connectivity index (χ4v) is 1.65. The predicted octanol–water partition coefficient (Wildman–Crippen LogP) is 1.88. The van der Waals surface area contributed by atoms with Gasteiger partial charge in [-0.05, 0) is 27.8 Å². The highest BCUT2D eigenvalue weighted by molar-refractivity contribution is 5.99. The number of rotatable bonds is 5. The van der Waals surface area contributed by atoms with Gasteiger partial charge in [0.15, 0.2) is 5.78 Å². The lowest BCUT2D eigenvalue weighted by atomic mass is 10.0. The Bertz CT molecular complexity index is 372. The molecule has 1 N–H and O–H groups in total. The number of hydrogen-bond donors (Lipinski definition) is 1. The molecule has 0 saturated heterocycles. The van der Waals surface area contributed by atoms with Crippen LogP contribution in [-0.2, 0) is 0 Å². The van der Waals surface area contributed by atoms with Crippen molar-refractivity contribution in [3.8, 4) is 0 Å². The minimum atomic E-state index is -0.222. The van der Waals surface area contributed by atoms with Crippen LogP contribution in [0.5, 0.6) is 0 Å². The molecule has 0 radical (unpaired) electrons. The molecule has 0 saturated carbocycles. The molecule has 0 aliphatic rings. The number of aliphatic hydroxyl groups is 1. The highest BCUT2D eigenvalue weighted by Crippen LogP contribution is 2.11. The van der Waals surface area contributed by atoms with Crippen LogP contribution in [0.2, 0.25) is 0 Å². The molecule has 3 heteroatoms. The maximum atomic E-state index is 12.2. The fourth-order valence-electron chi connectivity index (χ4n) is 1.65. The summed E-state index contributed by atoms with van der Waals surface area (Å²) in [5, 5.41) is 9.09. The summed E-state index contributed by atoms with van der Waals surface area (Å²) in [5.74, 6) is 0.0906. The van der Waals surface area contributed by atoms with Crippen LogP contribution in [0.25, 0.3) is 0 Å². The summed E-state index contributed by atoms with van der Waals surface area (Å²) < 4.78 is 0. The minimum Gasteiger partial charge on any atom is -0.395 e. The lowest BCUT2D eigenvalue weighted by Gasteiger charge is -2.28. The number of aryl methyl sites for hydroxylation is 1. The van der Waals surface area contributed by atoms with E-state index in [1.807, 2.05) is 57.0 Å². The first-order valence-corrected chi connectivity index (χ1v) is 5.91. The first kappa shape index (κ1) is 13.9. The van der Waals surface area contributed by atoms with Gasteiger partial charge in [0, 0.05) is 11.6 Å². The summed E-state index contributed by atoms with van der Waals surface area (Å²) in [6, 6.07) is 7.35. The zero-order chi connectivity index (χ0) is 13.0. The fraction of sp³-hybridized carbons (Fsp3) is 0.500. The van der Waals surface area contributed by atoms with Crippen molar-refractivity contribution in [2.45, 2.75) is 32.9 Å². The first-order chi connectivity index (χ1) is 7.97. The molecule has 17 heavy (non-hydrogen) atoms. The molecule has 2 unspecified atom stereocenters. The van der Waals surface area contributed by atoms with E-state index in [2.05, 4.69) is 0 Å². The van der Waals surface area contributed by atoms with Gasteiger partial charge in [-0.1, -0.05) is 29.8 Å². The first-order valence-electron chi connectivity index (χ1n) is 5.91. The van der Waals surface area contributed by atoms with Gasteiger partial charge in [-0.15, -0.1) is 0 Å². The molecule has 1 aromatic rings. The molecule has 0 bridgehead atoms. The summed E-state index contributed by atoms with van der Waals surface area (Å²) in [4.78, 5) is 14.1. The quantitative estimate of drug-likeness (QED) is 0.792. The molecule has 0 aromatic heterocycles.